The molecule has 2 aromatic rings. The number of benzene rings is 1. The molecule has 1 aromatic carbocycles. The van der Waals surface area contributed by atoms with Gasteiger partial charge in [0.2, 0.25) is 0 Å². The summed E-state index contributed by atoms with van der Waals surface area (Å²) < 4.78 is 0. The highest BCUT2D eigenvalue weighted by molar-refractivity contribution is 6.30. The van der Waals surface area contributed by atoms with Crippen molar-refractivity contribution in [2.75, 3.05) is 0 Å². The first-order chi connectivity index (χ1) is 10.6. The van der Waals surface area contributed by atoms with Crippen LogP contribution in [0.5, 0.6) is 0 Å². The van der Waals surface area contributed by atoms with E-state index in [1.165, 1.54) is 5.01 Å². The molecule has 3 rings (SSSR count). The first-order valence-electron chi connectivity index (χ1n) is 6.82. The summed E-state index contributed by atoms with van der Waals surface area (Å²) in [5.41, 5.74) is 4.02. The maximum Gasteiger partial charge on any atom is 0.278 e. The van der Waals surface area contributed by atoms with Crippen LogP contribution < -0.4 is 0 Å². The van der Waals surface area contributed by atoms with Gasteiger partial charge in [-0.15, -0.1) is 0 Å². The number of hydrogen-bond donors (Lipinski definition) is 0. The summed E-state index contributed by atoms with van der Waals surface area (Å²) in [6.07, 6.45) is 3.71. The van der Waals surface area contributed by atoms with Crippen molar-refractivity contribution in [1.82, 2.24) is 9.99 Å². The highest BCUT2D eigenvalue weighted by Crippen LogP contribution is 2.26. The van der Waals surface area contributed by atoms with Gasteiger partial charge in [0.1, 0.15) is 0 Å². The molecule has 0 radical (unpaired) electrons. The van der Waals surface area contributed by atoms with Crippen LogP contribution in [0.4, 0.5) is 0 Å². The Kier molecular flexibility index (Phi) is 3.77. The first-order valence-corrected chi connectivity index (χ1v) is 7.20. The topological polar surface area (TPSA) is 45.6 Å². The number of carbonyl (C=O) groups excluding carboxylic acids is 1. The van der Waals surface area contributed by atoms with Gasteiger partial charge in [-0.25, -0.2) is 5.01 Å². The van der Waals surface area contributed by atoms with Crippen LogP contribution in [0.3, 0.4) is 0 Å². The number of aryl methyl sites for hydroxylation is 1. The summed E-state index contributed by atoms with van der Waals surface area (Å²) in [4.78, 5) is 16.4. The fraction of sp³-hybridized carbons (Fsp3) is 0.118. The third-order valence-electron chi connectivity index (χ3n) is 3.51. The molecule has 1 aliphatic rings. The number of rotatable bonds is 2. The van der Waals surface area contributed by atoms with Crippen molar-refractivity contribution in [3.05, 3.63) is 76.7 Å². The molecule has 0 spiro atoms. The quantitative estimate of drug-likeness (QED) is 0.846. The van der Waals surface area contributed by atoms with E-state index in [0.717, 1.165) is 16.8 Å². The number of aromatic nitrogens is 1. The normalized spacial score (nSPS) is 14.2. The van der Waals surface area contributed by atoms with Crippen molar-refractivity contribution < 1.29 is 4.79 Å². The molecule has 0 N–H and O–H groups in total. The zero-order valence-electron chi connectivity index (χ0n) is 12.1. The van der Waals surface area contributed by atoms with Gasteiger partial charge in [0.15, 0.2) is 0 Å². The second kappa shape index (κ2) is 5.73. The standard InChI is InChI=1S/C17H14ClN3O/c1-11-9-14(18)3-4-15(11)16-10-12(2)21(20-16)17(22)13-5-7-19-8-6-13/h3-9H,2,10H2,1H3. The van der Waals surface area contributed by atoms with E-state index in [1.54, 1.807) is 24.5 Å². The van der Waals surface area contributed by atoms with Gasteiger partial charge in [-0.3, -0.25) is 9.78 Å². The van der Waals surface area contributed by atoms with E-state index in [4.69, 9.17) is 11.6 Å². The van der Waals surface area contributed by atoms with E-state index >= 15 is 0 Å². The number of amides is 1. The van der Waals surface area contributed by atoms with Gasteiger partial charge in [-0.05, 0) is 36.8 Å². The molecule has 0 saturated heterocycles. The second-order valence-corrected chi connectivity index (χ2v) is 5.54. The summed E-state index contributed by atoms with van der Waals surface area (Å²) in [5.74, 6) is -0.200. The molecule has 22 heavy (non-hydrogen) atoms. The Morgan fingerprint density at radius 2 is 2.00 bits per heavy atom. The Morgan fingerprint density at radius 3 is 2.68 bits per heavy atom. The predicted octanol–water partition coefficient (Wildman–Crippen LogP) is 3.81. The fourth-order valence-corrected chi connectivity index (χ4v) is 2.63. The van der Waals surface area contributed by atoms with E-state index in [1.807, 2.05) is 25.1 Å². The minimum absolute atomic E-state index is 0.200. The maximum absolute atomic E-state index is 12.5. The third kappa shape index (κ3) is 2.65. The molecule has 0 saturated carbocycles. The lowest BCUT2D eigenvalue weighted by atomic mass is 10.0. The number of carbonyl (C=O) groups is 1. The second-order valence-electron chi connectivity index (χ2n) is 5.10. The first kappa shape index (κ1) is 14.5. The Bertz CT molecular complexity index is 784. The monoisotopic (exact) mass is 311 g/mol. The summed E-state index contributed by atoms with van der Waals surface area (Å²) in [5, 5.41) is 6.49. The maximum atomic E-state index is 12.5. The number of allylic oxidation sites excluding steroid dienone is 1. The summed E-state index contributed by atoms with van der Waals surface area (Å²) in [7, 11) is 0. The van der Waals surface area contributed by atoms with Crippen LogP contribution >= 0.6 is 11.6 Å². The Morgan fingerprint density at radius 1 is 1.27 bits per heavy atom. The van der Waals surface area contributed by atoms with Crippen LogP contribution in [0.15, 0.2) is 60.1 Å². The van der Waals surface area contributed by atoms with Crippen LogP contribution in [-0.2, 0) is 0 Å². The zero-order chi connectivity index (χ0) is 15.7. The number of pyridine rings is 1. The van der Waals surface area contributed by atoms with Gasteiger partial charge in [0.05, 0.1) is 5.71 Å². The van der Waals surface area contributed by atoms with Crippen LogP contribution in [0.25, 0.3) is 0 Å². The lowest BCUT2D eigenvalue weighted by Gasteiger charge is -2.12. The molecule has 0 fully saturated rings. The predicted molar refractivity (Wildman–Crippen MR) is 86.9 cm³/mol. The average molecular weight is 312 g/mol. The molecule has 0 atom stereocenters. The molecule has 0 bridgehead atoms. The highest BCUT2D eigenvalue weighted by Gasteiger charge is 2.26. The lowest BCUT2D eigenvalue weighted by Crippen LogP contribution is -2.21. The van der Waals surface area contributed by atoms with Gasteiger partial charge in [0.25, 0.3) is 5.91 Å². The average Bonchev–Trinajstić information content (AvgIpc) is 2.89. The molecule has 1 aliphatic heterocycles. The number of halogens is 1. The SMILES string of the molecule is C=C1CC(c2ccc(Cl)cc2C)=NN1C(=O)c1ccncc1. The molecular formula is C17H14ClN3O. The van der Waals surface area contributed by atoms with Crippen LogP contribution in [0.1, 0.15) is 27.9 Å². The van der Waals surface area contributed by atoms with Crippen molar-refractivity contribution in [2.45, 2.75) is 13.3 Å². The Labute approximate surface area is 133 Å². The van der Waals surface area contributed by atoms with Crippen molar-refractivity contribution in [1.29, 1.82) is 0 Å². The zero-order valence-corrected chi connectivity index (χ0v) is 12.8. The smallest absolute Gasteiger partial charge is 0.267 e. The van der Waals surface area contributed by atoms with Gasteiger partial charge >= 0.3 is 0 Å². The van der Waals surface area contributed by atoms with E-state index in [0.29, 0.717) is 22.7 Å². The third-order valence-corrected chi connectivity index (χ3v) is 3.75. The summed E-state index contributed by atoms with van der Waals surface area (Å²) in [6.45, 7) is 5.93. The lowest BCUT2D eigenvalue weighted by molar-refractivity contribution is 0.0816. The molecule has 4 nitrogen and oxygen atoms in total. The van der Waals surface area contributed by atoms with Crippen LogP contribution in [-0.4, -0.2) is 21.6 Å². The molecule has 110 valence electrons. The molecule has 1 aromatic heterocycles. The minimum atomic E-state index is -0.200. The number of nitrogens with zero attached hydrogens (tertiary/aromatic N) is 3. The number of hydrazone groups is 1. The molecule has 0 aliphatic carbocycles. The molecular weight excluding hydrogens is 298 g/mol. The fourth-order valence-electron chi connectivity index (χ4n) is 2.40. The minimum Gasteiger partial charge on any atom is -0.267 e. The molecule has 2 heterocycles. The van der Waals surface area contributed by atoms with Gasteiger partial charge in [-0.1, -0.05) is 24.2 Å². The number of hydrogen-bond acceptors (Lipinski definition) is 3. The Balaban J connectivity index is 1.93. The van der Waals surface area contributed by atoms with E-state index < -0.39 is 0 Å². The van der Waals surface area contributed by atoms with Crippen molar-refractivity contribution >= 4 is 23.2 Å². The summed E-state index contributed by atoms with van der Waals surface area (Å²) in [6, 6.07) is 8.95. The van der Waals surface area contributed by atoms with Gasteiger partial charge in [0, 0.05) is 40.7 Å². The highest BCUT2D eigenvalue weighted by atomic mass is 35.5. The van der Waals surface area contributed by atoms with Crippen molar-refractivity contribution in [3.8, 4) is 0 Å². The van der Waals surface area contributed by atoms with E-state index in [9.17, 15) is 4.79 Å². The van der Waals surface area contributed by atoms with Crippen molar-refractivity contribution in [3.63, 3.8) is 0 Å². The largest absolute Gasteiger partial charge is 0.278 e. The van der Waals surface area contributed by atoms with Gasteiger partial charge < -0.3 is 0 Å². The van der Waals surface area contributed by atoms with E-state index in [2.05, 4.69) is 16.7 Å². The molecule has 0 unspecified atom stereocenters. The molecule has 1 amide bonds. The van der Waals surface area contributed by atoms with Crippen LogP contribution in [0, 0.1) is 6.92 Å². The van der Waals surface area contributed by atoms with E-state index in [-0.39, 0.29) is 5.91 Å². The van der Waals surface area contributed by atoms with Gasteiger partial charge in [-0.2, -0.15) is 5.10 Å². The summed E-state index contributed by atoms with van der Waals surface area (Å²) >= 11 is 5.98. The van der Waals surface area contributed by atoms with Crippen LogP contribution in [0.2, 0.25) is 5.02 Å². The Hall–Kier alpha value is -2.46. The van der Waals surface area contributed by atoms with Crippen molar-refractivity contribution in [2.24, 2.45) is 5.10 Å². The molecule has 5 heteroatoms.